The lowest BCUT2D eigenvalue weighted by Crippen LogP contribution is -2.31. The largest absolute Gasteiger partial charge is 0.352 e. The highest BCUT2D eigenvalue weighted by molar-refractivity contribution is 9.10. The van der Waals surface area contributed by atoms with E-state index in [4.69, 9.17) is 0 Å². The highest BCUT2D eigenvalue weighted by Gasteiger charge is 2.21. The molecule has 58 valence electrons. The van der Waals surface area contributed by atoms with Gasteiger partial charge in [-0.3, -0.25) is 9.89 Å². The first-order valence-electron chi connectivity index (χ1n) is 3.30. The minimum absolute atomic E-state index is 0.0492. The van der Waals surface area contributed by atoms with E-state index in [9.17, 15) is 4.79 Å². The fourth-order valence-corrected chi connectivity index (χ4v) is 1.66. The average molecular weight is 216 g/mol. The minimum Gasteiger partial charge on any atom is -0.352 e. The molecule has 0 aromatic carbocycles. The van der Waals surface area contributed by atoms with Crippen molar-refractivity contribution in [1.29, 1.82) is 0 Å². The molecular formula is C6H6BrN3O. The Morgan fingerprint density at radius 2 is 2.36 bits per heavy atom. The molecule has 0 aliphatic carbocycles. The highest BCUT2D eigenvalue weighted by atomic mass is 79.9. The zero-order chi connectivity index (χ0) is 7.84. The molecule has 1 aromatic rings. The summed E-state index contributed by atoms with van der Waals surface area (Å²) in [6.07, 6.45) is 0.833. The number of amides is 1. The molecule has 0 saturated carbocycles. The molecule has 1 aliphatic rings. The predicted molar refractivity (Wildman–Crippen MR) is 42.3 cm³/mol. The van der Waals surface area contributed by atoms with E-state index < -0.39 is 0 Å². The number of fused-ring (bicyclic) bond motifs is 1. The molecule has 0 atom stereocenters. The molecule has 0 saturated heterocycles. The number of halogens is 1. The van der Waals surface area contributed by atoms with Crippen LogP contribution in [0.2, 0.25) is 0 Å². The molecule has 0 unspecified atom stereocenters. The molecule has 11 heavy (non-hydrogen) atoms. The van der Waals surface area contributed by atoms with Crippen LogP contribution >= 0.6 is 15.9 Å². The van der Waals surface area contributed by atoms with Crippen molar-refractivity contribution in [2.75, 3.05) is 6.54 Å². The number of hydrogen-bond donors (Lipinski definition) is 2. The zero-order valence-electron chi connectivity index (χ0n) is 5.65. The number of H-pyrrole nitrogens is 1. The Kier molecular flexibility index (Phi) is 1.45. The fraction of sp³-hybridized carbons (Fsp3) is 0.333. The number of aromatic nitrogens is 2. The summed E-state index contributed by atoms with van der Waals surface area (Å²) in [5.74, 6) is -0.0492. The standard InChI is InChI=1S/C6H6BrN3O/c7-5-4-3(9-10-5)1-2-8-6(4)11/h1-2H2,(H,8,11)(H,9,10). The van der Waals surface area contributed by atoms with Gasteiger partial charge in [0.2, 0.25) is 0 Å². The van der Waals surface area contributed by atoms with Gasteiger partial charge in [-0.2, -0.15) is 5.10 Å². The predicted octanol–water partition coefficient (Wildman–Crippen LogP) is 0.458. The van der Waals surface area contributed by atoms with Crippen molar-refractivity contribution in [2.45, 2.75) is 6.42 Å². The molecule has 2 rings (SSSR count). The Hall–Kier alpha value is -0.840. The summed E-state index contributed by atoms with van der Waals surface area (Å²) in [6.45, 7) is 0.695. The van der Waals surface area contributed by atoms with Gasteiger partial charge in [0, 0.05) is 13.0 Å². The van der Waals surface area contributed by atoms with Gasteiger partial charge in [-0.25, -0.2) is 0 Å². The van der Waals surface area contributed by atoms with Crippen LogP contribution in [0.3, 0.4) is 0 Å². The molecule has 0 spiro atoms. The molecule has 0 radical (unpaired) electrons. The van der Waals surface area contributed by atoms with Crippen molar-refractivity contribution in [3.05, 3.63) is 15.9 Å². The van der Waals surface area contributed by atoms with E-state index in [-0.39, 0.29) is 5.91 Å². The maximum absolute atomic E-state index is 11.2. The second-order valence-electron chi connectivity index (χ2n) is 2.37. The maximum Gasteiger partial charge on any atom is 0.255 e. The van der Waals surface area contributed by atoms with Crippen LogP contribution in [0.4, 0.5) is 0 Å². The van der Waals surface area contributed by atoms with Crippen molar-refractivity contribution in [1.82, 2.24) is 15.5 Å². The van der Waals surface area contributed by atoms with E-state index in [1.54, 1.807) is 0 Å². The molecular weight excluding hydrogens is 210 g/mol. The van der Waals surface area contributed by atoms with Gasteiger partial charge >= 0.3 is 0 Å². The Balaban J connectivity index is 2.56. The maximum atomic E-state index is 11.2. The van der Waals surface area contributed by atoms with Crippen molar-refractivity contribution < 1.29 is 4.79 Å². The molecule has 0 bridgehead atoms. The van der Waals surface area contributed by atoms with E-state index in [1.165, 1.54) is 0 Å². The lowest BCUT2D eigenvalue weighted by Gasteiger charge is -2.10. The van der Waals surface area contributed by atoms with Gasteiger partial charge in [-0.05, 0) is 15.9 Å². The summed E-state index contributed by atoms with van der Waals surface area (Å²) in [7, 11) is 0. The van der Waals surface area contributed by atoms with Crippen LogP contribution in [-0.2, 0) is 6.42 Å². The third-order valence-electron chi connectivity index (χ3n) is 1.68. The van der Waals surface area contributed by atoms with Crippen LogP contribution in [-0.4, -0.2) is 22.6 Å². The van der Waals surface area contributed by atoms with Crippen LogP contribution in [0.1, 0.15) is 16.1 Å². The summed E-state index contributed by atoms with van der Waals surface area (Å²) >= 11 is 3.19. The SMILES string of the molecule is O=C1NCCc2[nH]nc(Br)c21. The number of hydrogen-bond acceptors (Lipinski definition) is 2. The van der Waals surface area contributed by atoms with Crippen molar-refractivity contribution in [3.8, 4) is 0 Å². The van der Waals surface area contributed by atoms with Gasteiger partial charge in [0.05, 0.1) is 11.3 Å². The lowest BCUT2D eigenvalue weighted by molar-refractivity contribution is 0.0945. The molecule has 1 aromatic heterocycles. The normalized spacial score (nSPS) is 15.9. The molecule has 2 N–H and O–H groups in total. The molecule has 2 heterocycles. The molecule has 1 amide bonds. The Morgan fingerprint density at radius 3 is 3.09 bits per heavy atom. The number of aromatic amines is 1. The topological polar surface area (TPSA) is 57.8 Å². The van der Waals surface area contributed by atoms with E-state index in [1.807, 2.05) is 0 Å². The monoisotopic (exact) mass is 215 g/mol. The smallest absolute Gasteiger partial charge is 0.255 e. The summed E-state index contributed by atoms with van der Waals surface area (Å²) in [4.78, 5) is 11.2. The van der Waals surface area contributed by atoms with E-state index >= 15 is 0 Å². The molecule has 5 heteroatoms. The van der Waals surface area contributed by atoms with E-state index in [0.717, 1.165) is 12.1 Å². The Morgan fingerprint density at radius 1 is 1.55 bits per heavy atom. The highest BCUT2D eigenvalue weighted by Crippen LogP contribution is 2.19. The first-order chi connectivity index (χ1) is 5.29. The lowest BCUT2D eigenvalue weighted by atomic mass is 10.1. The van der Waals surface area contributed by atoms with Crippen molar-refractivity contribution >= 4 is 21.8 Å². The van der Waals surface area contributed by atoms with Gasteiger partial charge in [-0.1, -0.05) is 0 Å². The van der Waals surface area contributed by atoms with E-state index in [2.05, 4.69) is 31.4 Å². The summed E-state index contributed by atoms with van der Waals surface area (Å²) in [5, 5.41) is 9.41. The first kappa shape index (κ1) is 6.84. The van der Waals surface area contributed by atoms with Gasteiger partial charge in [0.25, 0.3) is 5.91 Å². The van der Waals surface area contributed by atoms with Crippen LogP contribution in [0.25, 0.3) is 0 Å². The molecule has 1 aliphatic heterocycles. The summed E-state index contributed by atoms with van der Waals surface area (Å²) in [6, 6.07) is 0. The third-order valence-corrected chi connectivity index (χ3v) is 2.26. The third kappa shape index (κ3) is 0.956. The van der Waals surface area contributed by atoms with Crippen LogP contribution in [0.5, 0.6) is 0 Å². The van der Waals surface area contributed by atoms with Crippen LogP contribution < -0.4 is 5.32 Å². The quantitative estimate of drug-likeness (QED) is 0.661. The number of carbonyl (C=O) groups is 1. The Bertz CT molecular complexity index is 307. The number of carbonyl (C=O) groups excluding carboxylic acids is 1. The molecule has 4 nitrogen and oxygen atoms in total. The number of nitrogens with zero attached hydrogens (tertiary/aromatic N) is 1. The average Bonchev–Trinajstić information content (AvgIpc) is 2.34. The zero-order valence-corrected chi connectivity index (χ0v) is 7.23. The van der Waals surface area contributed by atoms with Gasteiger partial charge in [-0.15, -0.1) is 0 Å². The van der Waals surface area contributed by atoms with Gasteiger partial charge in [0.1, 0.15) is 4.60 Å². The second-order valence-corrected chi connectivity index (χ2v) is 3.13. The van der Waals surface area contributed by atoms with Crippen LogP contribution in [0, 0.1) is 0 Å². The van der Waals surface area contributed by atoms with E-state index in [0.29, 0.717) is 16.7 Å². The second kappa shape index (κ2) is 2.34. The van der Waals surface area contributed by atoms with Gasteiger partial charge < -0.3 is 5.32 Å². The summed E-state index contributed by atoms with van der Waals surface area (Å²) < 4.78 is 0.602. The summed E-state index contributed by atoms with van der Waals surface area (Å²) in [5.41, 5.74) is 1.57. The number of rotatable bonds is 0. The number of nitrogens with one attached hydrogen (secondary N) is 2. The van der Waals surface area contributed by atoms with Crippen LogP contribution in [0.15, 0.2) is 4.60 Å². The van der Waals surface area contributed by atoms with Crippen molar-refractivity contribution in [2.24, 2.45) is 0 Å². The minimum atomic E-state index is -0.0492. The van der Waals surface area contributed by atoms with Crippen molar-refractivity contribution in [3.63, 3.8) is 0 Å². The first-order valence-corrected chi connectivity index (χ1v) is 4.09. The Labute approximate surface area is 71.5 Å². The van der Waals surface area contributed by atoms with Gasteiger partial charge in [0.15, 0.2) is 0 Å². The molecule has 0 fully saturated rings. The fourth-order valence-electron chi connectivity index (χ4n) is 1.15.